The summed E-state index contributed by atoms with van der Waals surface area (Å²) in [6.45, 7) is 0. The van der Waals surface area contributed by atoms with E-state index in [0.29, 0.717) is 0 Å². The fourth-order valence-electron chi connectivity index (χ4n) is 0. The standard InChI is InChI=1S/Cu.2HI.Zn/h;2*1H;. The van der Waals surface area contributed by atoms with Gasteiger partial charge in [0, 0.05) is 36.5 Å². The Morgan fingerprint density at radius 2 is 0.750 bits per heavy atom. The second-order valence-electron chi connectivity index (χ2n) is 0. The van der Waals surface area contributed by atoms with Crippen molar-refractivity contribution < 1.29 is 36.5 Å². The van der Waals surface area contributed by atoms with Gasteiger partial charge >= 0.3 is 0 Å². The van der Waals surface area contributed by atoms with E-state index in [9.17, 15) is 0 Å². The maximum absolute atomic E-state index is 0. The van der Waals surface area contributed by atoms with Crippen molar-refractivity contribution in [1.29, 1.82) is 0 Å². The number of hydrogen-bond acceptors (Lipinski definition) is 0. The molecule has 0 spiro atoms. The fourth-order valence-corrected chi connectivity index (χ4v) is 0. The average molecular weight is 385 g/mol. The van der Waals surface area contributed by atoms with Gasteiger partial charge in [0.15, 0.2) is 0 Å². The molecule has 0 saturated carbocycles. The minimum Gasteiger partial charge on any atom is -0.107 e. The van der Waals surface area contributed by atoms with Crippen LogP contribution in [0.25, 0.3) is 0 Å². The van der Waals surface area contributed by atoms with Gasteiger partial charge in [-0.2, -0.15) is 0 Å². The van der Waals surface area contributed by atoms with Gasteiger partial charge in [0.25, 0.3) is 0 Å². The summed E-state index contributed by atoms with van der Waals surface area (Å²) in [7, 11) is 0. The van der Waals surface area contributed by atoms with Crippen molar-refractivity contribution in [3.05, 3.63) is 0 Å². The molecule has 29 valence electrons. The van der Waals surface area contributed by atoms with Crippen LogP contribution in [0.4, 0.5) is 0 Å². The van der Waals surface area contributed by atoms with E-state index in [1.165, 1.54) is 0 Å². The maximum Gasteiger partial charge on any atom is 0 e. The first-order valence-electron chi connectivity index (χ1n) is 0. The van der Waals surface area contributed by atoms with E-state index in [1.807, 2.05) is 0 Å². The van der Waals surface area contributed by atoms with E-state index in [0.717, 1.165) is 0 Å². The Balaban J connectivity index is 0. The molecule has 0 aromatic heterocycles. The van der Waals surface area contributed by atoms with E-state index in [2.05, 4.69) is 0 Å². The molecule has 0 aliphatic heterocycles. The Morgan fingerprint density at radius 3 is 0.750 bits per heavy atom. The number of hydrogen-bond donors (Lipinski definition) is 0. The second-order valence-corrected chi connectivity index (χ2v) is 0. The van der Waals surface area contributed by atoms with Crippen LogP contribution < -0.4 is 0 Å². The molecule has 0 fully saturated rings. The maximum atomic E-state index is 0. The molecule has 4 heteroatoms. The first kappa shape index (κ1) is 30.6. The van der Waals surface area contributed by atoms with Crippen LogP contribution in [0, 0.1) is 0 Å². The van der Waals surface area contributed by atoms with Crippen molar-refractivity contribution in [2.45, 2.75) is 0 Å². The zero-order chi connectivity index (χ0) is 0. The van der Waals surface area contributed by atoms with Gasteiger partial charge in [-0.15, -0.1) is 48.0 Å². The fraction of sp³-hybridized carbons (Fsp3) is 0. The molecular formula is H2CuI2Zn. The third-order valence-corrected chi connectivity index (χ3v) is 0. The van der Waals surface area contributed by atoms with Crippen molar-refractivity contribution in [3.8, 4) is 0 Å². The molecule has 0 aliphatic carbocycles. The van der Waals surface area contributed by atoms with Crippen molar-refractivity contribution in [1.82, 2.24) is 0 Å². The summed E-state index contributed by atoms with van der Waals surface area (Å²) in [6, 6.07) is 0. The molecule has 0 nitrogen and oxygen atoms in total. The number of rotatable bonds is 0. The van der Waals surface area contributed by atoms with Crippen molar-refractivity contribution in [2.24, 2.45) is 0 Å². The van der Waals surface area contributed by atoms with Gasteiger partial charge in [0.1, 0.15) is 0 Å². The van der Waals surface area contributed by atoms with Gasteiger partial charge < -0.3 is 0 Å². The predicted octanol–water partition coefficient (Wildman–Crippen LogP) is 1.23. The SMILES string of the molecule is I.I.[Cu].[Zn]. The molecular weight excluding hydrogens is 383 g/mol. The van der Waals surface area contributed by atoms with Gasteiger partial charge in [-0.1, -0.05) is 0 Å². The Labute approximate surface area is 83.1 Å². The van der Waals surface area contributed by atoms with Gasteiger partial charge in [-0.05, 0) is 0 Å². The summed E-state index contributed by atoms with van der Waals surface area (Å²) in [6.07, 6.45) is 0. The van der Waals surface area contributed by atoms with Crippen LogP contribution in [0.5, 0.6) is 0 Å². The minimum atomic E-state index is 0. The largest absolute Gasteiger partial charge is 0.107 e. The third-order valence-electron chi connectivity index (χ3n) is 0. The Kier molecular flexibility index (Phi) is 134. The molecule has 1 radical (unpaired) electrons. The van der Waals surface area contributed by atoms with E-state index in [-0.39, 0.29) is 84.5 Å². The average Bonchev–Trinajstić information content (AvgIpc) is 0. The minimum absolute atomic E-state index is 0. The normalized spacial score (nSPS) is 0. The molecule has 0 atom stereocenters. The summed E-state index contributed by atoms with van der Waals surface area (Å²) < 4.78 is 0. The van der Waals surface area contributed by atoms with Gasteiger partial charge in [-0.3, -0.25) is 0 Å². The van der Waals surface area contributed by atoms with Crippen LogP contribution in [-0.4, -0.2) is 0 Å². The zero-order valence-electron chi connectivity index (χ0n) is 1.83. The molecule has 0 rings (SSSR count). The summed E-state index contributed by atoms with van der Waals surface area (Å²) >= 11 is 0. The van der Waals surface area contributed by atoms with Crippen LogP contribution in [0.3, 0.4) is 0 Å². The first-order valence-corrected chi connectivity index (χ1v) is 0. The quantitative estimate of drug-likeness (QED) is 0.435. The van der Waals surface area contributed by atoms with E-state index < -0.39 is 0 Å². The van der Waals surface area contributed by atoms with Gasteiger partial charge in [-0.25, -0.2) is 0 Å². The number of halogens is 2. The van der Waals surface area contributed by atoms with Crippen molar-refractivity contribution in [3.63, 3.8) is 0 Å². The van der Waals surface area contributed by atoms with Crippen LogP contribution in [-0.2, 0) is 36.5 Å². The molecule has 0 heterocycles. The van der Waals surface area contributed by atoms with Crippen LogP contribution in [0.15, 0.2) is 0 Å². The van der Waals surface area contributed by atoms with Gasteiger partial charge in [0.05, 0.1) is 0 Å². The van der Waals surface area contributed by atoms with Gasteiger partial charge in [0.2, 0.25) is 0 Å². The summed E-state index contributed by atoms with van der Waals surface area (Å²) in [4.78, 5) is 0. The Hall–Kier alpha value is 2.60. The van der Waals surface area contributed by atoms with Crippen LogP contribution in [0.2, 0.25) is 0 Å². The van der Waals surface area contributed by atoms with Crippen molar-refractivity contribution >= 4 is 48.0 Å². The molecule has 0 aliphatic rings. The summed E-state index contributed by atoms with van der Waals surface area (Å²) in [5.41, 5.74) is 0. The van der Waals surface area contributed by atoms with Crippen LogP contribution >= 0.6 is 48.0 Å². The second kappa shape index (κ2) is 17.5. The molecule has 0 aromatic rings. The first-order chi connectivity index (χ1) is 0. The summed E-state index contributed by atoms with van der Waals surface area (Å²) in [5, 5.41) is 0. The molecule has 0 aromatic carbocycles. The molecule has 0 saturated heterocycles. The van der Waals surface area contributed by atoms with E-state index in [1.54, 1.807) is 0 Å². The van der Waals surface area contributed by atoms with Crippen LogP contribution in [0.1, 0.15) is 0 Å². The molecule has 0 N–H and O–H groups in total. The third kappa shape index (κ3) is 8.82. The molecule has 0 amide bonds. The van der Waals surface area contributed by atoms with Crippen molar-refractivity contribution in [2.75, 3.05) is 0 Å². The predicted molar refractivity (Wildman–Crippen MR) is 30.8 cm³/mol. The Morgan fingerprint density at radius 1 is 0.750 bits per heavy atom. The topological polar surface area (TPSA) is 0 Å². The smallest absolute Gasteiger partial charge is 0 e. The summed E-state index contributed by atoms with van der Waals surface area (Å²) in [5.74, 6) is 0. The zero-order valence-corrected chi connectivity index (χ0v) is 10.4. The molecule has 0 unspecified atom stereocenters. The van der Waals surface area contributed by atoms with E-state index in [4.69, 9.17) is 0 Å². The monoisotopic (exact) mass is 383 g/mol. The Bertz CT molecular complexity index is 6.00. The molecule has 0 bridgehead atoms. The van der Waals surface area contributed by atoms with E-state index >= 15 is 0 Å². The molecule has 4 heavy (non-hydrogen) atoms.